The van der Waals surface area contributed by atoms with E-state index in [4.69, 9.17) is 18.9 Å². The van der Waals surface area contributed by atoms with E-state index in [1.807, 2.05) is 6.07 Å². The van der Waals surface area contributed by atoms with Crippen molar-refractivity contribution < 1.29 is 28.5 Å². The van der Waals surface area contributed by atoms with Crippen LogP contribution in [0, 0.1) is 0 Å². The first-order valence-electron chi connectivity index (χ1n) is 8.50. The Balaban J connectivity index is 1.70. The number of rotatable bonds is 0. The number of benzene rings is 2. The van der Waals surface area contributed by atoms with Gasteiger partial charge in [-0.25, -0.2) is 0 Å². The van der Waals surface area contributed by atoms with Crippen LogP contribution in [0.3, 0.4) is 0 Å². The number of amides is 1. The van der Waals surface area contributed by atoms with E-state index < -0.39 is 5.54 Å². The maximum Gasteiger partial charge on any atom is 0.259 e. The third-order valence-corrected chi connectivity index (χ3v) is 5.66. The van der Waals surface area contributed by atoms with Gasteiger partial charge in [-0.1, -0.05) is 12.1 Å². The molecule has 2 aromatic carbocycles. The Morgan fingerprint density at radius 3 is 2.48 bits per heavy atom. The second-order valence-electron chi connectivity index (χ2n) is 6.79. The van der Waals surface area contributed by atoms with E-state index in [1.165, 1.54) is 11.0 Å². The highest BCUT2D eigenvalue weighted by Gasteiger charge is 2.57. The number of hydrogen-bond donors (Lipinski definition) is 0. The fraction of sp³-hybridized carbons (Fsp3) is 0.200. The molecule has 1 spiro atoms. The summed E-state index contributed by atoms with van der Waals surface area (Å²) in [5.41, 5.74) is 1.20. The number of ether oxygens (including phenoxy) is 4. The molecule has 7 nitrogen and oxygen atoms in total. The molecule has 2 aromatic rings. The lowest BCUT2D eigenvalue weighted by Gasteiger charge is -2.38. The van der Waals surface area contributed by atoms with Crippen LogP contribution in [-0.2, 0) is 10.3 Å². The number of fused-ring (bicyclic) bond motifs is 7. The molecule has 0 saturated carbocycles. The van der Waals surface area contributed by atoms with Crippen molar-refractivity contribution in [3.63, 3.8) is 0 Å². The number of carbonyl (C=O) groups excluding carboxylic acids is 2. The number of carbonyl (C=O) groups is 2. The predicted octanol–water partition coefficient (Wildman–Crippen LogP) is 2.07. The van der Waals surface area contributed by atoms with Gasteiger partial charge in [0.2, 0.25) is 13.6 Å². The Morgan fingerprint density at radius 1 is 0.889 bits per heavy atom. The zero-order valence-corrected chi connectivity index (χ0v) is 14.3. The lowest BCUT2D eigenvalue weighted by atomic mass is 9.74. The molecule has 0 radical (unpaired) electrons. The quantitative estimate of drug-likeness (QED) is 0.713. The first kappa shape index (κ1) is 14.7. The summed E-state index contributed by atoms with van der Waals surface area (Å²) in [7, 11) is 1.63. The highest BCUT2D eigenvalue weighted by Crippen LogP contribution is 2.54. The van der Waals surface area contributed by atoms with Crippen molar-refractivity contribution in [2.75, 3.05) is 20.6 Å². The van der Waals surface area contributed by atoms with Gasteiger partial charge in [0, 0.05) is 18.2 Å². The standard InChI is InChI=1S/C20H13NO6/c1-21-19(23)17-11(3-4-13-18(17)27-9-24-13)20(21)12-7-15-14(25-8-26-15)6-10(12)2-5-16(20)22/h2-7H,8-9H2,1H3/t20-/m1/s1. The molecule has 6 rings (SSSR count). The Labute approximate surface area is 153 Å². The highest BCUT2D eigenvalue weighted by molar-refractivity contribution is 6.16. The van der Waals surface area contributed by atoms with Crippen molar-refractivity contribution in [2.24, 2.45) is 0 Å². The molecule has 0 bridgehead atoms. The largest absolute Gasteiger partial charge is 0.454 e. The third kappa shape index (κ3) is 1.54. The molecule has 0 unspecified atom stereocenters. The maximum atomic E-state index is 13.3. The van der Waals surface area contributed by atoms with Crippen LogP contribution in [0.2, 0.25) is 0 Å². The maximum absolute atomic E-state index is 13.3. The van der Waals surface area contributed by atoms with Crippen molar-refractivity contribution in [3.8, 4) is 23.0 Å². The van der Waals surface area contributed by atoms with Gasteiger partial charge in [0.1, 0.15) is 0 Å². The first-order chi connectivity index (χ1) is 13.1. The van der Waals surface area contributed by atoms with Gasteiger partial charge in [0.05, 0.1) is 5.56 Å². The molecule has 3 aliphatic heterocycles. The minimum Gasteiger partial charge on any atom is -0.454 e. The van der Waals surface area contributed by atoms with Crippen LogP contribution in [0.1, 0.15) is 27.0 Å². The number of likely N-dealkylation sites (N-methyl/N-ethyl adjacent to an activating group) is 1. The molecule has 27 heavy (non-hydrogen) atoms. The normalized spacial score (nSPS) is 23.2. The van der Waals surface area contributed by atoms with E-state index in [-0.39, 0.29) is 25.3 Å². The third-order valence-electron chi connectivity index (χ3n) is 5.66. The Hall–Kier alpha value is -3.48. The molecule has 4 aliphatic rings. The second-order valence-corrected chi connectivity index (χ2v) is 6.79. The molecular weight excluding hydrogens is 350 g/mol. The van der Waals surface area contributed by atoms with Crippen LogP contribution in [0.5, 0.6) is 23.0 Å². The monoisotopic (exact) mass is 363 g/mol. The van der Waals surface area contributed by atoms with E-state index in [2.05, 4.69) is 0 Å². The van der Waals surface area contributed by atoms with Gasteiger partial charge in [-0.05, 0) is 29.8 Å². The van der Waals surface area contributed by atoms with Crippen molar-refractivity contribution in [1.29, 1.82) is 0 Å². The summed E-state index contributed by atoms with van der Waals surface area (Å²) in [5.74, 6) is 1.62. The predicted molar refractivity (Wildman–Crippen MR) is 92.0 cm³/mol. The van der Waals surface area contributed by atoms with E-state index in [1.54, 1.807) is 31.3 Å². The second kappa shape index (κ2) is 4.62. The minimum atomic E-state index is -1.27. The van der Waals surface area contributed by atoms with Crippen molar-refractivity contribution in [3.05, 3.63) is 52.6 Å². The number of nitrogens with zero attached hydrogens (tertiary/aromatic N) is 1. The number of ketones is 1. The molecule has 0 saturated heterocycles. The summed E-state index contributed by atoms with van der Waals surface area (Å²) in [6.07, 6.45) is 3.25. The topological polar surface area (TPSA) is 74.3 Å². The van der Waals surface area contributed by atoms with Gasteiger partial charge in [-0.2, -0.15) is 0 Å². The zero-order chi connectivity index (χ0) is 18.3. The van der Waals surface area contributed by atoms with E-state index in [0.29, 0.717) is 39.7 Å². The van der Waals surface area contributed by atoms with Crippen LogP contribution < -0.4 is 18.9 Å². The Kier molecular flexibility index (Phi) is 2.51. The van der Waals surface area contributed by atoms with Crippen LogP contribution in [0.25, 0.3) is 6.08 Å². The Bertz CT molecular complexity index is 1100. The van der Waals surface area contributed by atoms with Crippen LogP contribution in [-0.4, -0.2) is 37.2 Å². The number of hydrogen-bond acceptors (Lipinski definition) is 6. The van der Waals surface area contributed by atoms with Gasteiger partial charge in [-0.3, -0.25) is 9.59 Å². The average Bonchev–Trinajstić information content (AvgIpc) is 3.37. The van der Waals surface area contributed by atoms with E-state index in [9.17, 15) is 9.59 Å². The molecule has 3 heterocycles. The first-order valence-corrected chi connectivity index (χ1v) is 8.50. The van der Waals surface area contributed by atoms with Gasteiger partial charge >= 0.3 is 0 Å². The molecular formula is C20H13NO6. The fourth-order valence-electron chi connectivity index (χ4n) is 4.44. The van der Waals surface area contributed by atoms with Gasteiger partial charge in [0.25, 0.3) is 5.91 Å². The molecule has 1 aliphatic carbocycles. The Morgan fingerprint density at radius 2 is 1.63 bits per heavy atom. The van der Waals surface area contributed by atoms with Gasteiger partial charge < -0.3 is 23.8 Å². The van der Waals surface area contributed by atoms with Crippen LogP contribution in [0.4, 0.5) is 0 Å². The molecule has 0 fully saturated rings. The summed E-state index contributed by atoms with van der Waals surface area (Å²) in [5, 5.41) is 0. The van der Waals surface area contributed by atoms with Crippen molar-refractivity contribution >= 4 is 17.8 Å². The highest BCUT2D eigenvalue weighted by atomic mass is 16.7. The average molecular weight is 363 g/mol. The van der Waals surface area contributed by atoms with Gasteiger partial charge in [-0.15, -0.1) is 0 Å². The molecule has 0 aromatic heterocycles. The molecule has 1 amide bonds. The van der Waals surface area contributed by atoms with Crippen molar-refractivity contribution in [2.45, 2.75) is 5.54 Å². The minimum absolute atomic E-state index is 0.0545. The van der Waals surface area contributed by atoms with E-state index in [0.717, 1.165) is 5.56 Å². The van der Waals surface area contributed by atoms with E-state index >= 15 is 0 Å². The smallest absolute Gasteiger partial charge is 0.259 e. The summed E-state index contributed by atoms with van der Waals surface area (Å²) in [6.45, 7) is 0.186. The molecule has 7 heteroatoms. The summed E-state index contributed by atoms with van der Waals surface area (Å²) < 4.78 is 21.9. The molecule has 1 atom stereocenters. The van der Waals surface area contributed by atoms with Crippen LogP contribution in [0.15, 0.2) is 30.3 Å². The molecule has 0 N–H and O–H groups in total. The lowest BCUT2D eigenvalue weighted by molar-refractivity contribution is -0.122. The zero-order valence-electron chi connectivity index (χ0n) is 14.3. The van der Waals surface area contributed by atoms with Crippen LogP contribution >= 0.6 is 0 Å². The van der Waals surface area contributed by atoms with Gasteiger partial charge in [0.15, 0.2) is 34.3 Å². The summed E-state index contributed by atoms with van der Waals surface area (Å²) >= 11 is 0. The summed E-state index contributed by atoms with van der Waals surface area (Å²) in [4.78, 5) is 27.9. The van der Waals surface area contributed by atoms with Crippen molar-refractivity contribution in [1.82, 2.24) is 4.90 Å². The summed E-state index contributed by atoms with van der Waals surface area (Å²) in [6, 6.07) is 7.15. The molecule has 134 valence electrons. The SMILES string of the molecule is CN1C(=O)c2c(ccc3c2OCO3)[C@@]12C(=O)C=Cc1cc3c(cc12)OCO3. The lowest BCUT2D eigenvalue weighted by Crippen LogP contribution is -2.49. The fourth-order valence-corrected chi connectivity index (χ4v) is 4.44.